The Labute approximate surface area is 161 Å². The summed E-state index contributed by atoms with van der Waals surface area (Å²) in [5, 5.41) is 6.34. The van der Waals surface area contributed by atoms with Crippen molar-refractivity contribution in [3.8, 4) is 5.75 Å². The van der Waals surface area contributed by atoms with Crippen LogP contribution in [-0.4, -0.2) is 12.5 Å². The monoisotopic (exact) mass is 384 g/mol. The van der Waals surface area contributed by atoms with Gasteiger partial charge in [0.25, 0.3) is 5.91 Å². The summed E-state index contributed by atoms with van der Waals surface area (Å²) in [6, 6.07) is 20.6. The van der Waals surface area contributed by atoms with Gasteiger partial charge in [-0.25, -0.2) is 4.39 Å². The minimum Gasteiger partial charge on any atom is -0.482 e. The first-order valence-electron chi connectivity index (χ1n) is 8.36. The fourth-order valence-electron chi connectivity index (χ4n) is 2.41. The highest BCUT2D eigenvalue weighted by Crippen LogP contribution is 2.26. The molecule has 0 aliphatic heterocycles. The Morgan fingerprint density at radius 3 is 2.41 bits per heavy atom. The van der Waals surface area contributed by atoms with Crippen LogP contribution < -0.4 is 15.4 Å². The zero-order chi connectivity index (χ0) is 19.1. The van der Waals surface area contributed by atoms with Crippen molar-refractivity contribution in [2.24, 2.45) is 0 Å². The molecule has 0 heterocycles. The molecule has 0 bridgehead atoms. The Morgan fingerprint density at radius 2 is 1.70 bits per heavy atom. The standard InChI is InChI=1S/C21H18ClFN2O2/c22-19-12-15(13-24-17-9-7-16(23)8-10-17)6-11-20(19)27-14-21(26)25-18-4-2-1-3-5-18/h1-12,24H,13-14H2,(H,25,26). The maximum atomic E-state index is 12.9. The van der Waals surface area contributed by atoms with E-state index < -0.39 is 0 Å². The average Bonchev–Trinajstić information content (AvgIpc) is 2.67. The minimum absolute atomic E-state index is 0.137. The number of benzene rings is 3. The van der Waals surface area contributed by atoms with Crippen molar-refractivity contribution in [1.82, 2.24) is 0 Å². The van der Waals surface area contributed by atoms with E-state index in [4.69, 9.17) is 16.3 Å². The van der Waals surface area contributed by atoms with Gasteiger partial charge >= 0.3 is 0 Å². The van der Waals surface area contributed by atoms with Crippen LogP contribution in [0.4, 0.5) is 15.8 Å². The lowest BCUT2D eigenvalue weighted by Crippen LogP contribution is -2.20. The molecule has 3 aromatic rings. The third-order valence-electron chi connectivity index (χ3n) is 3.75. The topological polar surface area (TPSA) is 50.4 Å². The third-order valence-corrected chi connectivity index (χ3v) is 4.05. The van der Waals surface area contributed by atoms with Crippen molar-refractivity contribution in [3.05, 3.63) is 89.2 Å². The van der Waals surface area contributed by atoms with Gasteiger partial charge in [0.15, 0.2) is 6.61 Å². The fraction of sp³-hybridized carbons (Fsp3) is 0.0952. The summed E-state index contributed by atoms with van der Waals surface area (Å²) in [6.07, 6.45) is 0. The molecular formula is C21H18ClFN2O2. The second-order valence-electron chi connectivity index (χ2n) is 5.83. The Kier molecular flexibility index (Phi) is 6.28. The number of anilines is 2. The Bertz CT molecular complexity index is 902. The fourth-order valence-corrected chi connectivity index (χ4v) is 2.66. The summed E-state index contributed by atoms with van der Waals surface area (Å²) < 4.78 is 18.4. The summed E-state index contributed by atoms with van der Waals surface area (Å²) in [5.41, 5.74) is 2.45. The first kappa shape index (κ1) is 18.7. The van der Waals surface area contributed by atoms with Gasteiger partial charge in [0.2, 0.25) is 0 Å². The van der Waals surface area contributed by atoms with Crippen LogP contribution >= 0.6 is 11.6 Å². The number of halogens is 2. The van der Waals surface area contributed by atoms with Crippen LogP contribution in [-0.2, 0) is 11.3 Å². The summed E-state index contributed by atoms with van der Waals surface area (Å²) in [4.78, 5) is 11.9. The lowest BCUT2D eigenvalue weighted by atomic mass is 10.2. The van der Waals surface area contributed by atoms with Gasteiger partial charge in [-0.05, 0) is 54.1 Å². The molecule has 0 aromatic heterocycles. The van der Waals surface area contributed by atoms with E-state index in [0.717, 1.165) is 11.3 Å². The van der Waals surface area contributed by atoms with Crippen molar-refractivity contribution >= 4 is 28.9 Å². The van der Waals surface area contributed by atoms with Gasteiger partial charge in [0, 0.05) is 17.9 Å². The molecule has 3 rings (SSSR count). The number of ether oxygens (including phenoxy) is 1. The van der Waals surface area contributed by atoms with E-state index in [1.165, 1.54) is 12.1 Å². The first-order valence-corrected chi connectivity index (χ1v) is 8.73. The summed E-state index contributed by atoms with van der Waals surface area (Å²) in [5.74, 6) is -0.105. The van der Waals surface area contributed by atoms with E-state index in [9.17, 15) is 9.18 Å². The van der Waals surface area contributed by atoms with Gasteiger partial charge in [-0.2, -0.15) is 0 Å². The van der Waals surface area contributed by atoms with Crippen LogP contribution in [0.25, 0.3) is 0 Å². The third kappa shape index (κ3) is 5.72. The van der Waals surface area contributed by atoms with Crippen LogP contribution in [0.2, 0.25) is 5.02 Å². The van der Waals surface area contributed by atoms with E-state index in [0.29, 0.717) is 23.0 Å². The Morgan fingerprint density at radius 1 is 0.963 bits per heavy atom. The van der Waals surface area contributed by atoms with Gasteiger partial charge in [-0.3, -0.25) is 4.79 Å². The molecule has 138 valence electrons. The quantitative estimate of drug-likeness (QED) is 0.595. The predicted octanol–water partition coefficient (Wildman–Crippen LogP) is 5.11. The molecule has 27 heavy (non-hydrogen) atoms. The smallest absolute Gasteiger partial charge is 0.262 e. The van der Waals surface area contributed by atoms with Crippen LogP contribution in [0, 0.1) is 5.82 Å². The number of rotatable bonds is 7. The first-order chi connectivity index (χ1) is 13.1. The van der Waals surface area contributed by atoms with Crippen molar-refractivity contribution in [1.29, 1.82) is 0 Å². The number of amides is 1. The lowest BCUT2D eigenvalue weighted by Gasteiger charge is -2.11. The number of hydrogen-bond donors (Lipinski definition) is 2. The Balaban J connectivity index is 1.51. The number of hydrogen-bond acceptors (Lipinski definition) is 3. The van der Waals surface area contributed by atoms with Gasteiger partial charge in [0.1, 0.15) is 11.6 Å². The zero-order valence-corrected chi connectivity index (χ0v) is 15.2. The van der Waals surface area contributed by atoms with Gasteiger partial charge in [-0.15, -0.1) is 0 Å². The molecule has 2 N–H and O–H groups in total. The summed E-state index contributed by atoms with van der Waals surface area (Å²) in [6.45, 7) is 0.391. The molecule has 0 fully saturated rings. The van der Waals surface area contributed by atoms with Gasteiger partial charge in [-0.1, -0.05) is 35.9 Å². The van der Waals surface area contributed by atoms with Crippen LogP contribution in [0.3, 0.4) is 0 Å². The zero-order valence-electron chi connectivity index (χ0n) is 14.4. The summed E-state index contributed by atoms with van der Waals surface area (Å²) in [7, 11) is 0. The van der Waals surface area contributed by atoms with Crippen molar-refractivity contribution in [3.63, 3.8) is 0 Å². The number of carbonyl (C=O) groups excluding carboxylic acids is 1. The maximum Gasteiger partial charge on any atom is 0.262 e. The second kappa shape index (κ2) is 9.05. The second-order valence-corrected chi connectivity index (χ2v) is 6.24. The molecule has 0 saturated carbocycles. The highest BCUT2D eigenvalue weighted by molar-refractivity contribution is 6.32. The van der Waals surface area contributed by atoms with E-state index in [-0.39, 0.29) is 18.3 Å². The molecule has 0 atom stereocenters. The van der Waals surface area contributed by atoms with Gasteiger partial charge < -0.3 is 15.4 Å². The SMILES string of the molecule is O=C(COc1ccc(CNc2ccc(F)cc2)cc1Cl)Nc1ccccc1. The van der Waals surface area contributed by atoms with E-state index >= 15 is 0 Å². The molecule has 3 aromatic carbocycles. The van der Waals surface area contributed by atoms with Crippen molar-refractivity contribution in [2.45, 2.75) is 6.54 Å². The van der Waals surface area contributed by atoms with E-state index in [2.05, 4.69) is 10.6 Å². The molecule has 0 aliphatic carbocycles. The highest BCUT2D eigenvalue weighted by atomic mass is 35.5. The highest BCUT2D eigenvalue weighted by Gasteiger charge is 2.07. The van der Waals surface area contributed by atoms with E-state index in [1.807, 2.05) is 24.3 Å². The predicted molar refractivity (Wildman–Crippen MR) is 106 cm³/mol. The molecule has 0 aliphatic rings. The number of nitrogens with one attached hydrogen (secondary N) is 2. The molecule has 0 radical (unpaired) electrons. The van der Waals surface area contributed by atoms with Gasteiger partial charge in [0.05, 0.1) is 5.02 Å². The molecule has 1 amide bonds. The Hall–Kier alpha value is -3.05. The number of para-hydroxylation sites is 1. The average molecular weight is 385 g/mol. The van der Waals surface area contributed by atoms with E-state index in [1.54, 1.807) is 36.4 Å². The van der Waals surface area contributed by atoms with Crippen LogP contribution in [0.1, 0.15) is 5.56 Å². The molecule has 0 saturated heterocycles. The molecule has 4 nitrogen and oxygen atoms in total. The molecule has 0 spiro atoms. The van der Waals surface area contributed by atoms with Crippen LogP contribution in [0.15, 0.2) is 72.8 Å². The molecular weight excluding hydrogens is 367 g/mol. The lowest BCUT2D eigenvalue weighted by molar-refractivity contribution is -0.118. The normalized spacial score (nSPS) is 10.3. The number of carbonyl (C=O) groups is 1. The molecule has 0 unspecified atom stereocenters. The molecule has 6 heteroatoms. The maximum absolute atomic E-state index is 12.9. The van der Waals surface area contributed by atoms with Crippen molar-refractivity contribution < 1.29 is 13.9 Å². The summed E-state index contributed by atoms with van der Waals surface area (Å²) >= 11 is 6.24. The largest absolute Gasteiger partial charge is 0.482 e. The van der Waals surface area contributed by atoms with Crippen molar-refractivity contribution in [2.75, 3.05) is 17.2 Å². The van der Waals surface area contributed by atoms with Crippen LogP contribution in [0.5, 0.6) is 5.75 Å². The minimum atomic E-state index is -0.276.